The van der Waals surface area contributed by atoms with Crippen LogP contribution in [0.25, 0.3) is 5.76 Å². The topological polar surface area (TPSA) is 168 Å². The van der Waals surface area contributed by atoms with Crippen LogP contribution in [0.5, 0.6) is 5.75 Å². The molecule has 4 aliphatic rings. The lowest BCUT2D eigenvalue weighted by Crippen LogP contribution is -2.66. The molecule has 0 saturated heterocycles. The van der Waals surface area contributed by atoms with Crippen LogP contribution in [-0.2, 0) is 20.8 Å². The molecule has 3 aliphatic carbocycles. The molecule has 11 nitrogen and oxygen atoms in total. The minimum absolute atomic E-state index is 0.0471. The van der Waals surface area contributed by atoms with Crippen molar-refractivity contribution in [1.29, 1.82) is 0 Å². The highest BCUT2D eigenvalue weighted by Crippen LogP contribution is 2.55. The second-order valence-electron chi connectivity index (χ2n) is 11.4. The second-order valence-corrected chi connectivity index (χ2v) is 11.4. The molecule has 39 heavy (non-hydrogen) atoms. The molecule has 1 heterocycles. The van der Waals surface area contributed by atoms with Crippen LogP contribution < -0.4 is 10.6 Å². The van der Waals surface area contributed by atoms with Crippen molar-refractivity contribution in [2.75, 3.05) is 46.2 Å². The lowest BCUT2D eigenvalue weighted by molar-refractivity contribution is -0.154. The number of aliphatic hydroxyl groups is 3. The van der Waals surface area contributed by atoms with E-state index in [1.807, 2.05) is 21.1 Å². The van der Waals surface area contributed by atoms with E-state index in [9.17, 15) is 34.8 Å². The van der Waals surface area contributed by atoms with Crippen LogP contribution in [0.4, 0.5) is 5.69 Å². The first kappa shape index (κ1) is 27.2. The van der Waals surface area contributed by atoms with Gasteiger partial charge in [-0.3, -0.25) is 19.3 Å². The molecule has 11 heteroatoms. The predicted molar refractivity (Wildman–Crippen MR) is 143 cm³/mol. The number of phenolic OH excluding ortho intramolecular Hbond substituents is 1. The number of rotatable bonds is 4. The largest absolute Gasteiger partial charge is 0.508 e. The average Bonchev–Trinajstić information content (AvgIpc) is 2.85. The van der Waals surface area contributed by atoms with E-state index < -0.39 is 58.0 Å². The lowest BCUT2D eigenvalue weighted by atomic mass is 9.57. The first-order chi connectivity index (χ1) is 18.3. The van der Waals surface area contributed by atoms with E-state index in [0.717, 1.165) is 24.2 Å². The molecule has 5 atom stereocenters. The molecule has 0 aromatic heterocycles. The highest BCUT2D eigenvalue weighted by Gasteiger charge is 2.64. The number of nitrogens with two attached hydrogens (primary N) is 1. The SMILES string of the molecule is CCN(C)[C@@H]1C(=O)C(C(N)=O)=C(O)[C@@]2(O)C(=O)C3=C(O)c4c(O)cc5c(c4C[C@H]3C[C@@H]12)N(C)CCC5N(C)C. The molecular weight excluding hydrogens is 504 g/mol. The Labute approximate surface area is 226 Å². The molecule has 1 amide bonds. The molecule has 5 rings (SSSR count). The number of fused-ring (bicyclic) bond motifs is 5. The molecule has 210 valence electrons. The Kier molecular flexibility index (Phi) is 6.32. The van der Waals surface area contributed by atoms with Gasteiger partial charge in [-0.05, 0) is 70.1 Å². The number of likely N-dealkylation sites (N-methyl/N-ethyl adjacent to an activating group) is 1. The molecular formula is C28H36N4O7. The maximum atomic E-state index is 14.0. The summed E-state index contributed by atoms with van der Waals surface area (Å²) < 4.78 is 0. The van der Waals surface area contributed by atoms with Gasteiger partial charge in [-0.15, -0.1) is 0 Å². The average molecular weight is 541 g/mol. The fourth-order valence-electron chi connectivity index (χ4n) is 7.26. The van der Waals surface area contributed by atoms with Crippen LogP contribution in [0.15, 0.2) is 23.0 Å². The Morgan fingerprint density at radius 1 is 1.21 bits per heavy atom. The highest BCUT2D eigenvalue weighted by molar-refractivity contribution is 6.24. The summed E-state index contributed by atoms with van der Waals surface area (Å²) in [6.45, 7) is 2.91. The van der Waals surface area contributed by atoms with Crippen LogP contribution in [0.1, 0.15) is 42.5 Å². The number of carbonyl (C=O) groups excluding carboxylic acids is 3. The summed E-state index contributed by atoms with van der Waals surface area (Å²) in [5.74, 6) is -6.41. The first-order valence-electron chi connectivity index (χ1n) is 13.2. The Morgan fingerprint density at radius 2 is 1.87 bits per heavy atom. The fraction of sp³-hybridized carbons (Fsp3) is 0.536. The van der Waals surface area contributed by atoms with Crippen molar-refractivity contribution in [2.45, 2.75) is 43.9 Å². The molecule has 1 unspecified atom stereocenters. The van der Waals surface area contributed by atoms with Gasteiger partial charge < -0.3 is 36.0 Å². The zero-order valence-corrected chi connectivity index (χ0v) is 22.9. The number of phenols is 1. The summed E-state index contributed by atoms with van der Waals surface area (Å²) in [7, 11) is 7.52. The number of carbonyl (C=O) groups is 3. The van der Waals surface area contributed by atoms with E-state index in [2.05, 4.69) is 9.80 Å². The third kappa shape index (κ3) is 3.56. The van der Waals surface area contributed by atoms with E-state index in [-0.39, 0.29) is 35.8 Å². The smallest absolute Gasteiger partial charge is 0.255 e. The van der Waals surface area contributed by atoms with Crippen LogP contribution in [0.2, 0.25) is 0 Å². The number of hydrogen-bond donors (Lipinski definition) is 5. The van der Waals surface area contributed by atoms with E-state index in [1.54, 1.807) is 24.9 Å². The summed E-state index contributed by atoms with van der Waals surface area (Å²) in [6, 6.07) is 0.571. The van der Waals surface area contributed by atoms with Gasteiger partial charge in [-0.25, -0.2) is 0 Å². The monoisotopic (exact) mass is 540 g/mol. The number of anilines is 1. The molecule has 1 aromatic carbocycles. The van der Waals surface area contributed by atoms with Gasteiger partial charge in [0.1, 0.15) is 22.8 Å². The number of benzene rings is 1. The Morgan fingerprint density at radius 3 is 2.46 bits per heavy atom. The van der Waals surface area contributed by atoms with Crippen molar-refractivity contribution in [3.8, 4) is 5.75 Å². The van der Waals surface area contributed by atoms with Crippen molar-refractivity contribution in [3.05, 3.63) is 39.7 Å². The van der Waals surface area contributed by atoms with Gasteiger partial charge >= 0.3 is 0 Å². The third-order valence-electron chi connectivity index (χ3n) is 9.24. The number of ketones is 2. The number of amides is 1. The summed E-state index contributed by atoms with van der Waals surface area (Å²) in [6.07, 6.45) is 1.20. The lowest BCUT2D eigenvalue weighted by Gasteiger charge is -2.51. The Hall–Kier alpha value is -3.41. The zero-order chi connectivity index (χ0) is 28.7. The van der Waals surface area contributed by atoms with Crippen LogP contribution in [0, 0.1) is 11.8 Å². The van der Waals surface area contributed by atoms with Crippen molar-refractivity contribution in [2.24, 2.45) is 17.6 Å². The third-order valence-corrected chi connectivity index (χ3v) is 9.24. The predicted octanol–water partition coefficient (Wildman–Crippen LogP) is 0.797. The van der Waals surface area contributed by atoms with Gasteiger partial charge in [0, 0.05) is 36.8 Å². The quantitative estimate of drug-likeness (QED) is 0.345. The molecule has 0 spiro atoms. The maximum absolute atomic E-state index is 14.0. The standard InChI is InChI=1S/C28H36N4O7/c1-6-31(4)22-15-10-12-9-14-19(17(33)11-13-16(30(2)3)7-8-32(5)21(13)14)23(34)18(12)25(36)28(15,39)26(37)20(24(22)35)27(29)38/h11-12,15-16,22,33-34,37,39H,6-10H2,1-5H3,(H2,29,38)/t12-,15-,16?,22-,28-/m0/s1. The van der Waals surface area contributed by atoms with E-state index in [4.69, 9.17) is 5.73 Å². The van der Waals surface area contributed by atoms with Gasteiger partial charge in [0.15, 0.2) is 11.4 Å². The van der Waals surface area contributed by atoms with Crippen LogP contribution in [0.3, 0.4) is 0 Å². The van der Waals surface area contributed by atoms with Gasteiger partial charge in [0.2, 0.25) is 5.78 Å². The van der Waals surface area contributed by atoms with Gasteiger partial charge in [0.05, 0.1) is 11.6 Å². The van der Waals surface area contributed by atoms with Gasteiger partial charge in [-0.1, -0.05) is 6.92 Å². The van der Waals surface area contributed by atoms with E-state index in [1.165, 1.54) is 0 Å². The highest BCUT2D eigenvalue weighted by atomic mass is 16.3. The first-order valence-corrected chi connectivity index (χ1v) is 13.2. The number of aromatic hydroxyl groups is 1. The second kappa shape index (κ2) is 9.07. The summed E-state index contributed by atoms with van der Waals surface area (Å²) >= 11 is 0. The zero-order valence-electron chi connectivity index (χ0n) is 22.9. The number of hydrogen-bond acceptors (Lipinski definition) is 10. The van der Waals surface area contributed by atoms with Crippen molar-refractivity contribution >= 4 is 28.9 Å². The summed E-state index contributed by atoms with van der Waals surface area (Å²) in [5.41, 5.74) is 4.44. The summed E-state index contributed by atoms with van der Waals surface area (Å²) in [5, 5.41) is 45.4. The molecule has 1 aliphatic heterocycles. The van der Waals surface area contributed by atoms with E-state index >= 15 is 0 Å². The fourth-order valence-corrected chi connectivity index (χ4v) is 7.26. The number of primary amides is 1. The molecule has 0 bridgehead atoms. The minimum Gasteiger partial charge on any atom is -0.508 e. The van der Waals surface area contributed by atoms with Gasteiger partial charge in [0.25, 0.3) is 5.91 Å². The molecule has 1 aromatic rings. The number of nitrogens with zero attached hydrogens (tertiary/aromatic N) is 3. The number of aliphatic hydroxyl groups excluding tert-OH is 2. The van der Waals surface area contributed by atoms with Gasteiger partial charge in [-0.2, -0.15) is 0 Å². The normalized spacial score (nSPS) is 30.4. The Bertz CT molecular complexity index is 1370. The number of Topliss-reactive ketones (excluding diaryl/α,β-unsaturated/α-hetero) is 2. The van der Waals surface area contributed by atoms with Crippen LogP contribution >= 0.6 is 0 Å². The minimum atomic E-state index is -2.64. The molecule has 1 fully saturated rings. The van der Waals surface area contributed by atoms with Crippen molar-refractivity contribution in [1.82, 2.24) is 9.80 Å². The Balaban J connectivity index is 1.74. The molecule has 0 radical (unpaired) electrons. The van der Waals surface area contributed by atoms with Crippen LogP contribution in [-0.4, -0.2) is 101 Å². The van der Waals surface area contributed by atoms with Crippen molar-refractivity contribution in [3.63, 3.8) is 0 Å². The van der Waals surface area contributed by atoms with Crippen molar-refractivity contribution < 1.29 is 34.8 Å². The maximum Gasteiger partial charge on any atom is 0.255 e. The molecule has 6 N–H and O–H groups in total. The van der Waals surface area contributed by atoms with E-state index in [0.29, 0.717) is 12.1 Å². The summed E-state index contributed by atoms with van der Waals surface area (Å²) in [4.78, 5) is 45.4. The molecule has 1 saturated carbocycles.